The van der Waals surface area contributed by atoms with Gasteiger partial charge in [0, 0.05) is 36.4 Å². The second-order valence-electron chi connectivity index (χ2n) is 6.21. The van der Waals surface area contributed by atoms with Crippen LogP contribution in [0, 0.1) is 0 Å². The Hall–Kier alpha value is -3.19. The molecule has 0 saturated carbocycles. The number of alkyl halides is 3. The molecule has 0 aliphatic carbocycles. The lowest BCUT2D eigenvalue weighted by Gasteiger charge is -2.24. The summed E-state index contributed by atoms with van der Waals surface area (Å²) < 4.78 is 33.1. The fourth-order valence-corrected chi connectivity index (χ4v) is 3.81. The Labute approximate surface area is 170 Å². The van der Waals surface area contributed by atoms with Crippen molar-refractivity contribution < 1.29 is 27.9 Å². The van der Waals surface area contributed by atoms with Gasteiger partial charge < -0.3 is 20.7 Å². The lowest BCUT2D eigenvalue weighted by molar-refractivity contribution is -0.192. The van der Waals surface area contributed by atoms with Crippen LogP contribution in [0.2, 0.25) is 0 Å². The molecule has 1 atom stereocenters. The van der Waals surface area contributed by atoms with Crippen LogP contribution in [-0.4, -0.2) is 50.6 Å². The molecule has 0 radical (unpaired) electrons. The van der Waals surface area contributed by atoms with Crippen LogP contribution in [0.5, 0.6) is 0 Å². The highest BCUT2D eigenvalue weighted by molar-refractivity contribution is 7.10. The first-order chi connectivity index (χ1) is 14.2. The number of nitrogens with one attached hydrogen (secondary N) is 3. The second-order valence-corrected chi connectivity index (χ2v) is 7.21. The van der Waals surface area contributed by atoms with E-state index in [0.717, 1.165) is 13.0 Å². The van der Waals surface area contributed by atoms with Crippen molar-refractivity contribution in [1.29, 1.82) is 0 Å². The molecule has 3 aromatic rings. The number of hydrogen-bond donors (Lipinski definition) is 4. The predicted molar refractivity (Wildman–Crippen MR) is 101 cm³/mol. The first kappa shape index (κ1) is 21.5. The van der Waals surface area contributed by atoms with E-state index in [4.69, 9.17) is 9.90 Å². The summed E-state index contributed by atoms with van der Waals surface area (Å²) in [5.41, 5.74) is 1.55. The van der Waals surface area contributed by atoms with Gasteiger partial charge in [-0.15, -0.1) is 11.3 Å². The number of fused-ring (bicyclic) bond motifs is 2. The summed E-state index contributed by atoms with van der Waals surface area (Å²) in [6.45, 7) is 1.38. The molecule has 30 heavy (non-hydrogen) atoms. The highest BCUT2D eigenvalue weighted by Crippen LogP contribution is 2.26. The smallest absolute Gasteiger partial charge is 0.475 e. The van der Waals surface area contributed by atoms with E-state index in [1.165, 1.54) is 21.0 Å². The third-order valence-electron chi connectivity index (χ3n) is 4.26. The zero-order chi connectivity index (χ0) is 21.9. The Morgan fingerprint density at radius 1 is 1.40 bits per heavy atom. The number of hydrogen-bond acceptors (Lipinski definition) is 6. The van der Waals surface area contributed by atoms with E-state index in [0.29, 0.717) is 12.2 Å². The average Bonchev–Trinajstić information content (AvgIpc) is 3.35. The van der Waals surface area contributed by atoms with E-state index in [1.807, 2.05) is 0 Å². The number of carbonyl (C=O) groups excluding carboxylic acids is 1. The number of amides is 1. The molecule has 1 unspecified atom stereocenters. The average molecular weight is 443 g/mol. The summed E-state index contributed by atoms with van der Waals surface area (Å²) in [5, 5.41) is 15.5. The van der Waals surface area contributed by atoms with E-state index < -0.39 is 12.1 Å². The number of aromatic amines is 1. The van der Waals surface area contributed by atoms with Crippen LogP contribution >= 0.6 is 11.3 Å². The van der Waals surface area contributed by atoms with Crippen LogP contribution in [0.4, 0.5) is 13.2 Å². The number of carbonyl (C=O) groups is 2. The summed E-state index contributed by atoms with van der Waals surface area (Å²) >= 11 is 1.75. The van der Waals surface area contributed by atoms with Gasteiger partial charge >= 0.3 is 17.8 Å². The highest BCUT2D eigenvalue weighted by Gasteiger charge is 2.38. The van der Waals surface area contributed by atoms with Crippen LogP contribution < -0.4 is 16.3 Å². The molecule has 13 heteroatoms. The van der Waals surface area contributed by atoms with E-state index in [1.54, 1.807) is 23.6 Å². The van der Waals surface area contributed by atoms with Crippen LogP contribution in [0.15, 0.2) is 34.7 Å². The van der Waals surface area contributed by atoms with E-state index in [9.17, 15) is 22.8 Å². The van der Waals surface area contributed by atoms with Crippen molar-refractivity contribution in [2.75, 3.05) is 13.1 Å². The Morgan fingerprint density at radius 2 is 2.13 bits per heavy atom. The van der Waals surface area contributed by atoms with Crippen molar-refractivity contribution in [3.8, 4) is 0 Å². The number of halogens is 3. The number of carboxylic acid groups (broad SMARTS) is 1. The maximum absolute atomic E-state index is 12.3. The minimum absolute atomic E-state index is 0.107. The molecule has 4 heterocycles. The van der Waals surface area contributed by atoms with Gasteiger partial charge in [-0.1, -0.05) is 0 Å². The number of thiophene rings is 1. The number of imidazole rings is 1. The summed E-state index contributed by atoms with van der Waals surface area (Å²) in [5.74, 6) is -3.07. The van der Waals surface area contributed by atoms with Crippen LogP contribution in [0.1, 0.15) is 27.0 Å². The number of nitrogens with zero attached hydrogens (tertiary/aromatic N) is 2. The number of aliphatic carboxylic acids is 1. The summed E-state index contributed by atoms with van der Waals surface area (Å²) in [7, 11) is 0. The highest BCUT2D eigenvalue weighted by atomic mass is 32.1. The fraction of sp³-hybridized carbons (Fsp3) is 0.294. The van der Waals surface area contributed by atoms with Crippen LogP contribution in [0.25, 0.3) is 5.65 Å². The lowest BCUT2D eigenvalue weighted by Crippen LogP contribution is -2.39. The minimum Gasteiger partial charge on any atom is -0.475 e. The zero-order valence-electron chi connectivity index (χ0n) is 15.2. The molecule has 0 spiro atoms. The van der Waals surface area contributed by atoms with Gasteiger partial charge in [-0.2, -0.15) is 13.2 Å². The standard InChI is InChI=1S/C15H15N5O2S.C2HF3O2/c21-14(10-7-13-17-4-5-20(13)15(22)19-10)18-8-11-9-2-6-23-12(9)1-3-16-11;3-2(4,5)1(6)7/h2,4-7,11,16H,1,3,8H2,(H,18,21)(H,19,22);(H,6,7). The van der Waals surface area contributed by atoms with Gasteiger partial charge in [0.15, 0.2) is 0 Å². The maximum atomic E-state index is 12.3. The van der Waals surface area contributed by atoms with Crippen LogP contribution in [0.3, 0.4) is 0 Å². The molecule has 1 aliphatic heterocycles. The SMILES string of the molecule is O=C(NCC1NCCc2sccc21)c1cc2nccn2c(=O)[nH]1.O=C(O)C(F)(F)F. The van der Waals surface area contributed by atoms with Crippen molar-refractivity contribution >= 4 is 28.9 Å². The van der Waals surface area contributed by atoms with Crippen LogP contribution in [-0.2, 0) is 11.2 Å². The fourth-order valence-electron chi connectivity index (χ4n) is 2.86. The molecule has 1 amide bonds. The van der Waals surface area contributed by atoms with Crippen molar-refractivity contribution in [1.82, 2.24) is 25.0 Å². The van der Waals surface area contributed by atoms with Gasteiger partial charge in [-0.05, 0) is 23.4 Å². The number of carboxylic acids is 1. The first-order valence-electron chi connectivity index (χ1n) is 8.61. The molecule has 4 N–H and O–H groups in total. The Kier molecular flexibility index (Phi) is 6.22. The van der Waals surface area contributed by atoms with Crippen molar-refractivity contribution in [3.05, 3.63) is 56.5 Å². The monoisotopic (exact) mass is 443 g/mol. The Bertz CT molecular complexity index is 1120. The number of rotatable bonds is 3. The first-order valence-corrected chi connectivity index (χ1v) is 9.49. The maximum Gasteiger partial charge on any atom is 0.490 e. The molecule has 9 nitrogen and oxygen atoms in total. The summed E-state index contributed by atoms with van der Waals surface area (Å²) in [4.78, 5) is 41.1. The van der Waals surface area contributed by atoms with E-state index in [-0.39, 0.29) is 23.3 Å². The van der Waals surface area contributed by atoms with Gasteiger partial charge in [-0.3, -0.25) is 9.20 Å². The molecule has 4 rings (SSSR count). The summed E-state index contributed by atoms with van der Waals surface area (Å²) in [6, 6.07) is 3.78. The molecular formula is C17H16F3N5O4S. The molecule has 0 saturated heterocycles. The second kappa shape index (κ2) is 8.67. The van der Waals surface area contributed by atoms with E-state index >= 15 is 0 Å². The molecule has 0 bridgehead atoms. The van der Waals surface area contributed by atoms with Gasteiger partial charge in [0.1, 0.15) is 11.3 Å². The molecule has 0 aromatic carbocycles. The van der Waals surface area contributed by atoms with Crippen molar-refractivity contribution in [3.63, 3.8) is 0 Å². The summed E-state index contributed by atoms with van der Waals surface area (Å²) in [6.07, 6.45) is -0.975. The molecule has 1 aliphatic rings. The van der Waals surface area contributed by atoms with Gasteiger partial charge in [0.25, 0.3) is 5.91 Å². The molecule has 0 fully saturated rings. The lowest BCUT2D eigenvalue weighted by atomic mass is 10.0. The zero-order valence-corrected chi connectivity index (χ0v) is 16.0. The minimum atomic E-state index is -5.08. The number of H-pyrrole nitrogens is 1. The van der Waals surface area contributed by atoms with Gasteiger partial charge in [0.05, 0.1) is 6.04 Å². The molecule has 3 aromatic heterocycles. The van der Waals surface area contributed by atoms with Gasteiger partial charge in [-0.25, -0.2) is 14.6 Å². The van der Waals surface area contributed by atoms with Crippen molar-refractivity contribution in [2.45, 2.75) is 18.6 Å². The number of aromatic nitrogens is 3. The topological polar surface area (TPSA) is 129 Å². The Balaban J connectivity index is 0.000000318. The van der Waals surface area contributed by atoms with Crippen molar-refractivity contribution in [2.24, 2.45) is 0 Å². The normalized spacial score (nSPS) is 15.8. The third-order valence-corrected chi connectivity index (χ3v) is 5.25. The third kappa shape index (κ3) is 4.86. The quantitative estimate of drug-likeness (QED) is 0.484. The predicted octanol–water partition coefficient (Wildman–Crippen LogP) is 1.33. The van der Waals surface area contributed by atoms with E-state index in [2.05, 4.69) is 32.0 Å². The molecular weight excluding hydrogens is 427 g/mol. The molecule has 160 valence electrons. The Morgan fingerprint density at radius 3 is 2.83 bits per heavy atom. The largest absolute Gasteiger partial charge is 0.490 e. The van der Waals surface area contributed by atoms with Gasteiger partial charge in [0.2, 0.25) is 0 Å².